The summed E-state index contributed by atoms with van der Waals surface area (Å²) in [6, 6.07) is 14.4. The number of aromatic nitrogens is 4. The summed E-state index contributed by atoms with van der Waals surface area (Å²) in [6.07, 6.45) is -1.08. The molecule has 164 valence electrons. The van der Waals surface area contributed by atoms with Crippen LogP contribution in [0.2, 0.25) is 0 Å². The minimum absolute atomic E-state index is 0.281. The van der Waals surface area contributed by atoms with Crippen molar-refractivity contribution in [2.45, 2.75) is 25.4 Å². The van der Waals surface area contributed by atoms with Gasteiger partial charge in [0, 0.05) is 18.7 Å². The second-order valence-corrected chi connectivity index (χ2v) is 7.83. The van der Waals surface area contributed by atoms with E-state index in [-0.39, 0.29) is 5.82 Å². The van der Waals surface area contributed by atoms with E-state index in [0.717, 1.165) is 43.6 Å². The van der Waals surface area contributed by atoms with Crippen LogP contribution in [0.5, 0.6) is 0 Å². The summed E-state index contributed by atoms with van der Waals surface area (Å²) in [4.78, 5) is 11.7. The van der Waals surface area contributed by atoms with E-state index in [1.807, 2.05) is 30.3 Å². The number of hydrogen-bond donors (Lipinski definition) is 1. The van der Waals surface area contributed by atoms with E-state index in [1.54, 1.807) is 0 Å². The molecule has 5 rings (SSSR count). The van der Waals surface area contributed by atoms with Crippen LogP contribution >= 0.6 is 0 Å². The number of benzene rings is 2. The van der Waals surface area contributed by atoms with Crippen molar-refractivity contribution in [1.29, 1.82) is 0 Å². The molecule has 0 atom stereocenters. The average Bonchev–Trinajstić information content (AvgIpc) is 3.15. The van der Waals surface area contributed by atoms with Gasteiger partial charge in [-0.15, -0.1) is 5.10 Å². The molecular weight excluding hydrogens is 417 g/mol. The molecule has 1 aliphatic rings. The Labute approximate surface area is 182 Å². The fraction of sp³-hybridized carbons (Fsp3) is 0.261. The number of nitrogens with zero attached hydrogens (tertiary/aromatic N) is 5. The maximum Gasteiger partial charge on any atom is 0.416 e. The molecule has 1 aliphatic heterocycles. The normalized spacial score (nSPS) is 14.8. The Bertz CT molecular complexity index is 1240. The lowest BCUT2D eigenvalue weighted by Gasteiger charge is -2.26. The molecule has 4 aromatic rings. The van der Waals surface area contributed by atoms with E-state index in [0.29, 0.717) is 28.4 Å². The predicted molar refractivity (Wildman–Crippen MR) is 118 cm³/mol. The average molecular weight is 438 g/mol. The Balaban J connectivity index is 1.68. The number of nitrogen functional groups attached to an aromatic ring is 1. The number of rotatable bonds is 3. The van der Waals surface area contributed by atoms with Gasteiger partial charge in [-0.3, -0.25) is 0 Å². The van der Waals surface area contributed by atoms with Crippen molar-refractivity contribution < 1.29 is 13.2 Å². The Kier molecular flexibility index (Phi) is 4.96. The van der Waals surface area contributed by atoms with Crippen LogP contribution in [-0.2, 0) is 6.18 Å². The lowest BCUT2D eigenvalue weighted by Crippen LogP contribution is -2.31. The zero-order valence-corrected chi connectivity index (χ0v) is 17.2. The van der Waals surface area contributed by atoms with E-state index < -0.39 is 11.7 Å². The molecule has 1 fully saturated rings. The fourth-order valence-electron chi connectivity index (χ4n) is 4.03. The van der Waals surface area contributed by atoms with Crippen LogP contribution in [-0.4, -0.2) is 32.8 Å². The maximum absolute atomic E-state index is 13.0. The Hall–Kier alpha value is -3.62. The summed E-state index contributed by atoms with van der Waals surface area (Å²) < 4.78 is 40.3. The topological polar surface area (TPSA) is 72.9 Å². The van der Waals surface area contributed by atoms with Crippen molar-refractivity contribution in [3.63, 3.8) is 0 Å². The van der Waals surface area contributed by atoms with Gasteiger partial charge in [-0.25, -0.2) is 9.67 Å². The smallest absolute Gasteiger partial charge is 0.383 e. The number of piperidine rings is 1. The first kappa shape index (κ1) is 20.3. The second-order valence-electron chi connectivity index (χ2n) is 7.83. The van der Waals surface area contributed by atoms with E-state index in [2.05, 4.69) is 15.0 Å². The van der Waals surface area contributed by atoms with Crippen molar-refractivity contribution in [3.05, 3.63) is 60.2 Å². The van der Waals surface area contributed by atoms with Gasteiger partial charge in [-0.1, -0.05) is 30.3 Å². The SMILES string of the molecule is Nc1c2c(-c3ccccc3)nc(N3CCCCC3)nc2nn1-c1ccc(C(F)(F)F)cc1. The summed E-state index contributed by atoms with van der Waals surface area (Å²) in [5.41, 5.74) is 8.09. The van der Waals surface area contributed by atoms with Gasteiger partial charge in [0.05, 0.1) is 22.3 Å². The zero-order valence-electron chi connectivity index (χ0n) is 17.2. The fourth-order valence-corrected chi connectivity index (χ4v) is 4.03. The molecule has 0 saturated carbocycles. The highest BCUT2D eigenvalue weighted by Crippen LogP contribution is 2.35. The third-order valence-electron chi connectivity index (χ3n) is 5.68. The number of anilines is 2. The summed E-state index contributed by atoms with van der Waals surface area (Å²) in [5.74, 6) is 0.872. The van der Waals surface area contributed by atoms with Crippen LogP contribution in [0, 0.1) is 0 Å². The van der Waals surface area contributed by atoms with Crippen molar-refractivity contribution >= 4 is 22.8 Å². The van der Waals surface area contributed by atoms with Gasteiger partial charge in [0.1, 0.15) is 5.82 Å². The Morgan fingerprint density at radius 3 is 2.19 bits per heavy atom. The van der Waals surface area contributed by atoms with Gasteiger partial charge in [-0.2, -0.15) is 18.2 Å². The molecule has 0 aliphatic carbocycles. The maximum atomic E-state index is 13.0. The van der Waals surface area contributed by atoms with Crippen molar-refractivity contribution in [2.24, 2.45) is 0 Å². The lowest BCUT2D eigenvalue weighted by molar-refractivity contribution is -0.137. The van der Waals surface area contributed by atoms with Crippen LogP contribution in [0.1, 0.15) is 24.8 Å². The highest BCUT2D eigenvalue weighted by Gasteiger charge is 2.30. The monoisotopic (exact) mass is 438 g/mol. The van der Waals surface area contributed by atoms with Crippen molar-refractivity contribution in [3.8, 4) is 16.9 Å². The minimum Gasteiger partial charge on any atom is -0.383 e. The van der Waals surface area contributed by atoms with Crippen LogP contribution in [0.4, 0.5) is 24.9 Å². The molecule has 9 heteroatoms. The molecular formula is C23H21F3N6. The van der Waals surface area contributed by atoms with Gasteiger partial charge < -0.3 is 10.6 Å². The number of alkyl halides is 3. The van der Waals surface area contributed by atoms with Gasteiger partial charge in [0.25, 0.3) is 0 Å². The van der Waals surface area contributed by atoms with Crippen molar-refractivity contribution in [1.82, 2.24) is 19.7 Å². The van der Waals surface area contributed by atoms with Crippen LogP contribution in [0.25, 0.3) is 28.0 Å². The summed E-state index contributed by atoms with van der Waals surface area (Å²) in [6.45, 7) is 1.74. The molecule has 1 saturated heterocycles. The first-order chi connectivity index (χ1) is 15.4. The number of fused-ring (bicyclic) bond motifs is 1. The van der Waals surface area contributed by atoms with Crippen LogP contribution in [0.15, 0.2) is 54.6 Å². The molecule has 2 aromatic heterocycles. The van der Waals surface area contributed by atoms with Gasteiger partial charge in [0.15, 0.2) is 5.65 Å². The van der Waals surface area contributed by atoms with Gasteiger partial charge in [-0.05, 0) is 43.5 Å². The van der Waals surface area contributed by atoms with E-state index in [1.165, 1.54) is 23.2 Å². The highest BCUT2D eigenvalue weighted by molar-refractivity contribution is 5.99. The summed E-state index contributed by atoms with van der Waals surface area (Å²) in [7, 11) is 0. The van der Waals surface area contributed by atoms with Crippen LogP contribution in [0.3, 0.4) is 0 Å². The highest BCUT2D eigenvalue weighted by atomic mass is 19.4. The number of nitrogens with two attached hydrogens (primary N) is 1. The number of halogens is 3. The zero-order chi connectivity index (χ0) is 22.3. The first-order valence-electron chi connectivity index (χ1n) is 10.5. The van der Waals surface area contributed by atoms with Gasteiger partial charge in [0.2, 0.25) is 5.95 Å². The molecule has 0 amide bonds. The standard InChI is InChI=1S/C23H21F3N6/c24-23(25,26)16-9-11-17(12-10-16)32-20(27)18-19(15-7-3-1-4-8-15)28-22(29-21(18)30-32)31-13-5-2-6-14-31/h1,3-4,7-12H,2,5-6,13-14,27H2. The largest absolute Gasteiger partial charge is 0.416 e. The molecule has 3 heterocycles. The lowest BCUT2D eigenvalue weighted by atomic mass is 10.1. The summed E-state index contributed by atoms with van der Waals surface area (Å²) >= 11 is 0. The quantitative estimate of drug-likeness (QED) is 0.483. The molecule has 32 heavy (non-hydrogen) atoms. The Morgan fingerprint density at radius 2 is 1.53 bits per heavy atom. The minimum atomic E-state index is -4.41. The molecule has 0 radical (unpaired) electrons. The van der Waals surface area contributed by atoms with Crippen molar-refractivity contribution in [2.75, 3.05) is 23.7 Å². The predicted octanol–water partition coefficient (Wildman–Crippen LogP) is 5.07. The molecule has 2 aromatic carbocycles. The van der Waals surface area contributed by atoms with E-state index >= 15 is 0 Å². The molecule has 0 bridgehead atoms. The van der Waals surface area contributed by atoms with E-state index in [9.17, 15) is 13.2 Å². The third kappa shape index (κ3) is 3.63. The second kappa shape index (κ2) is 7.81. The molecule has 2 N–H and O–H groups in total. The molecule has 6 nitrogen and oxygen atoms in total. The third-order valence-corrected chi connectivity index (χ3v) is 5.68. The Morgan fingerprint density at radius 1 is 0.844 bits per heavy atom. The molecule has 0 unspecified atom stereocenters. The first-order valence-corrected chi connectivity index (χ1v) is 10.5. The van der Waals surface area contributed by atoms with Gasteiger partial charge >= 0.3 is 6.18 Å². The summed E-state index contributed by atoms with van der Waals surface area (Å²) in [5, 5.41) is 5.13. The van der Waals surface area contributed by atoms with Crippen LogP contribution < -0.4 is 10.6 Å². The molecule has 0 spiro atoms. The van der Waals surface area contributed by atoms with E-state index in [4.69, 9.17) is 10.7 Å². The number of hydrogen-bond acceptors (Lipinski definition) is 5.